The molecular weight excluding hydrogens is 403 g/mol. The fourth-order valence-corrected chi connectivity index (χ4v) is 4.35. The molecule has 0 unspecified atom stereocenters. The number of halogens is 1. The molecule has 1 heterocycles. The summed E-state index contributed by atoms with van der Waals surface area (Å²) in [5.74, 6) is 0.354. The molecule has 3 aromatic carbocycles. The van der Waals surface area contributed by atoms with Gasteiger partial charge in [0, 0.05) is 36.9 Å². The van der Waals surface area contributed by atoms with Crippen molar-refractivity contribution in [1.82, 2.24) is 4.90 Å². The number of amides is 1. The maximum absolute atomic E-state index is 14.1. The molecule has 0 bridgehead atoms. The topological polar surface area (TPSA) is 32.8 Å². The molecule has 4 rings (SSSR count). The van der Waals surface area contributed by atoms with Crippen LogP contribution in [0.1, 0.15) is 34.3 Å². The molecule has 166 valence electrons. The Labute approximate surface area is 189 Å². The lowest BCUT2D eigenvalue weighted by Crippen LogP contribution is -2.47. The van der Waals surface area contributed by atoms with Gasteiger partial charge in [-0.2, -0.15) is 0 Å². The van der Waals surface area contributed by atoms with Gasteiger partial charge in [0.05, 0.1) is 12.7 Å². The molecule has 4 nitrogen and oxygen atoms in total. The van der Waals surface area contributed by atoms with Gasteiger partial charge in [-0.1, -0.05) is 48.0 Å². The van der Waals surface area contributed by atoms with E-state index in [9.17, 15) is 9.18 Å². The molecule has 1 amide bonds. The standard InChI is InChI=1S/C27H29FN2O2/c1-20-11-13-22(14-12-20)30(27(31)24-8-4-6-10-26(24)32-2)23-15-17-29(18-16-23)19-21-7-3-5-9-25(21)28/h3-14,23H,15-19H2,1-2H3. The van der Waals surface area contributed by atoms with E-state index in [-0.39, 0.29) is 17.8 Å². The summed E-state index contributed by atoms with van der Waals surface area (Å²) in [5, 5.41) is 0. The minimum absolute atomic E-state index is 0.0566. The van der Waals surface area contributed by atoms with Crippen LogP contribution in [0, 0.1) is 12.7 Å². The normalized spacial score (nSPS) is 14.8. The smallest absolute Gasteiger partial charge is 0.262 e. The quantitative estimate of drug-likeness (QED) is 0.519. The number of carbonyl (C=O) groups excluding carboxylic acids is 1. The Kier molecular flexibility index (Phi) is 6.86. The Hall–Kier alpha value is -3.18. The largest absolute Gasteiger partial charge is 0.496 e. The van der Waals surface area contributed by atoms with Gasteiger partial charge in [-0.05, 0) is 50.1 Å². The van der Waals surface area contributed by atoms with Gasteiger partial charge >= 0.3 is 0 Å². The molecule has 1 aliphatic heterocycles. The van der Waals surface area contributed by atoms with Crippen molar-refractivity contribution in [3.63, 3.8) is 0 Å². The minimum atomic E-state index is -0.165. The van der Waals surface area contributed by atoms with Crippen molar-refractivity contribution in [2.45, 2.75) is 32.4 Å². The summed E-state index contributed by atoms with van der Waals surface area (Å²) in [4.78, 5) is 17.9. The van der Waals surface area contributed by atoms with E-state index >= 15 is 0 Å². The molecule has 1 aliphatic rings. The van der Waals surface area contributed by atoms with Gasteiger partial charge in [-0.15, -0.1) is 0 Å². The molecule has 0 N–H and O–H groups in total. The van der Waals surface area contributed by atoms with E-state index in [1.807, 2.05) is 72.5 Å². The van der Waals surface area contributed by atoms with E-state index < -0.39 is 0 Å². The summed E-state index contributed by atoms with van der Waals surface area (Å²) in [6, 6.07) is 22.4. The first-order valence-electron chi connectivity index (χ1n) is 11.1. The highest BCUT2D eigenvalue weighted by Gasteiger charge is 2.31. The van der Waals surface area contributed by atoms with Crippen molar-refractivity contribution in [3.05, 3.63) is 95.3 Å². The maximum atomic E-state index is 14.1. The van der Waals surface area contributed by atoms with Crippen LogP contribution in [0.15, 0.2) is 72.8 Å². The average molecular weight is 433 g/mol. The number of likely N-dealkylation sites (tertiary alicyclic amines) is 1. The Morgan fingerprint density at radius 3 is 2.34 bits per heavy atom. The third-order valence-corrected chi connectivity index (χ3v) is 6.14. The summed E-state index contributed by atoms with van der Waals surface area (Å²) in [6.45, 7) is 4.24. The molecule has 3 aromatic rings. The van der Waals surface area contributed by atoms with Gasteiger partial charge in [0.25, 0.3) is 5.91 Å². The Bertz CT molecular complexity index is 1060. The Morgan fingerprint density at radius 2 is 1.66 bits per heavy atom. The van der Waals surface area contributed by atoms with Gasteiger partial charge in [0.15, 0.2) is 0 Å². The molecule has 0 radical (unpaired) electrons. The molecule has 0 saturated carbocycles. The highest BCUT2D eigenvalue weighted by Crippen LogP contribution is 2.29. The van der Waals surface area contributed by atoms with Crippen molar-refractivity contribution in [1.29, 1.82) is 0 Å². The predicted molar refractivity (Wildman–Crippen MR) is 126 cm³/mol. The molecule has 0 atom stereocenters. The minimum Gasteiger partial charge on any atom is -0.496 e. The molecule has 0 spiro atoms. The SMILES string of the molecule is COc1ccccc1C(=O)N(c1ccc(C)cc1)C1CCN(Cc2ccccc2F)CC1. The third-order valence-electron chi connectivity index (χ3n) is 6.14. The second kappa shape index (κ2) is 9.96. The fraction of sp³-hybridized carbons (Fsp3) is 0.296. The van der Waals surface area contributed by atoms with Gasteiger partial charge in [0.2, 0.25) is 0 Å². The lowest BCUT2D eigenvalue weighted by atomic mass is 9.99. The molecule has 32 heavy (non-hydrogen) atoms. The Balaban J connectivity index is 1.55. The van der Waals surface area contributed by atoms with Crippen molar-refractivity contribution < 1.29 is 13.9 Å². The first kappa shape index (κ1) is 22.0. The summed E-state index contributed by atoms with van der Waals surface area (Å²) < 4.78 is 19.5. The second-order valence-corrected chi connectivity index (χ2v) is 8.31. The summed E-state index contributed by atoms with van der Waals surface area (Å²) in [6.07, 6.45) is 1.65. The Morgan fingerprint density at radius 1 is 1.00 bits per heavy atom. The third kappa shape index (κ3) is 4.83. The first-order valence-corrected chi connectivity index (χ1v) is 11.1. The number of aryl methyl sites for hydroxylation is 1. The second-order valence-electron chi connectivity index (χ2n) is 8.31. The number of carbonyl (C=O) groups is 1. The first-order chi connectivity index (χ1) is 15.6. The van der Waals surface area contributed by atoms with Crippen LogP contribution in [0.5, 0.6) is 5.75 Å². The predicted octanol–water partition coefficient (Wildman–Crippen LogP) is 5.45. The summed E-state index contributed by atoms with van der Waals surface area (Å²) in [5.41, 5.74) is 3.31. The zero-order valence-electron chi connectivity index (χ0n) is 18.6. The number of rotatable bonds is 6. The molecule has 0 aromatic heterocycles. The van der Waals surface area contributed by atoms with Gasteiger partial charge in [-0.3, -0.25) is 9.69 Å². The molecule has 1 fully saturated rings. The lowest BCUT2D eigenvalue weighted by Gasteiger charge is -2.39. The van der Waals surface area contributed by atoms with Crippen LogP contribution in [-0.2, 0) is 6.54 Å². The van der Waals surface area contributed by atoms with Crippen molar-refractivity contribution >= 4 is 11.6 Å². The fourth-order valence-electron chi connectivity index (χ4n) is 4.35. The number of nitrogens with zero attached hydrogens (tertiary/aromatic N) is 2. The number of benzene rings is 3. The van der Waals surface area contributed by atoms with Crippen molar-refractivity contribution in [2.24, 2.45) is 0 Å². The van der Waals surface area contributed by atoms with E-state index in [0.29, 0.717) is 23.4 Å². The molecule has 0 aliphatic carbocycles. The maximum Gasteiger partial charge on any atom is 0.262 e. The van der Waals surface area contributed by atoms with Crippen LogP contribution in [0.2, 0.25) is 0 Å². The van der Waals surface area contributed by atoms with Crippen LogP contribution in [-0.4, -0.2) is 37.0 Å². The van der Waals surface area contributed by atoms with Crippen LogP contribution in [0.4, 0.5) is 10.1 Å². The number of hydrogen-bond donors (Lipinski definition) is 0. The van der Waals surface area contributed by atoms with Crippen molar-refractivity contribution in [2.75, 3.05) is 25.1 Å². The number of ether oxygens (including phenoxy) is 1. The highest BCUT2D eigenvalue weighted by molar-refractivity contribution is 6.08. The van der Waals surface area contributed by atoms with Gasteiger partial charge < -0.3 is 9.64 Å². The van der Waals surface area contributed by atoms with E-state index in [1.54, 1.807) is 13.2 Å². The highest BCUT2D eigenvalue weighted by atomic mass is 19.1. The summed E-state index contributed by atoms with van der Waals surface area (Å²) in [7, 11) is 1.59. The van der Waals surface area contributed by atoms with Gasteiger partial charge in [0.1, 0.15) is 11.6 Å². The number of anilines is 1. The zero-order chi connectivity index (χ0) is 22.5. The zero-order valence-corrected chi connectivity index (χ0v) is 18.6. The van der Waals surface area contributed by atoms with Crippen LogP contribution < -0.4 is 9.64 Å². The van der Waals surface area contributed by atoms with E-state index in [1.165, 1.54) is 6.07 Å². The molecular formula is C27H29FN2O2. The molecule has 1 saturated heterocycles. The van der Waals surface area contributed by atoms with Crippen LogP contribution in [0.25, 0.3) is 0 Å². The number of para-hydroxylation sites is 1. The average Bonchev–Trinajstić information content (AvgIpc) is 2.83. The number of hydrogen-bond acceptors (Lipinski definition) is 3. The summed E-state index contributed by atoms with van der Waals surface area (Å²) >= 11 is 0. The van der Waals surface area contributed by atoms with Crippen molar-refractivity contribution in [3.8, 4) is 5.75 Å². The monoisotopic (exact) mass is 432 g/mol. The number of methoxy groups -OCH3 is 1. The van der Waals surface area contributed by atoms with E-state index in [0.717, 1.165) is 37.2 Å². The number of piperidine rings is 1. The molecule has 5 heteroatoms. The van der Waals surface area contributed by atoms with Crippen LogP contribution in [0.3, 0.4) is 0 Å². The lowest BCUT2D eigenvalue weighted by molar-refractivity contribution is 0.0955. The van der Waals surface area contributed by atoms with Crippen LogP contribution >= 0.6 is 0 Å². The van der Waals surface area contributed by atoms with Gasteiger partial charge in [-0.25, -0.2) is 4.39 Å². The van der Waals surface area contributed by atoms with E-state index in [2.05, 4.69) is 4.90 Å². The van der Waals surface area contributed by atoms with E-state index in [4.69, 9.17) is 4.74 Å².